The number of furan rings is 1. The van der Waals surface area contributed by atoms with Gasteiger partial charge in [0, 0.05) is 19.2 Å². The van der Waals surface area contributed by atoms with Crippen molar-refractivity contribution in [2.45, 2.75) is 0 Å². The number of rotatable bonds is 2. The molecule has 4 heterocycles. The molecule has 0 unspecified atom stereocenters. The Hall–Kier alpha value is -2.08. The molecule has 0 bridgehead atoms. The van der Waals surface area contributed by atoms with E-state index < -0.39 is 0 Å². The van der Waals surface area contributed by atoms with Crippen molar-refractivity contribution in [2.24, 2.45) is 5.41 Å². The van der Waals surface area contributed by atoms with Crippen molar-refractivity contribution < 1.29 is 18.5 Å². The van der Waals surface area contributed by atoms with E-state index in [4.69, 9.17) is 13.7 Å². The van der Waals surface area contributed by atoms with Gasteiger partial charge in [0.1, 0.15) is 0 Å². The molecule has 2 aliphatic heterocycles. The zero-order chi connectivity index (χ0) is 12.9. The van der Waals surface area contributed by atoms with Crippen molar-refractivity contribution in [1.82, 2.24) is 10.1 Å². The average Bonchev–Trinajstić information content (AvgIpc) is 2.96. The van der Waals surface area contributed by atoms with E-state index in [0.717, 1.165) is 26.3 Å². The molecular weight excluding hydrogens is 248 g/mol. The largest absolute Gasteiger partial charge is 0.461 e. The van der Waals surface area contributed by atoms with Gasteiger partial charge in [0.25, 0.3) is 5.91 Å². The van der Waals surface area contributed by atoms with Crippen LogP contribution < -0.4 is 0 Å². The van der Waals surface area contributed by atoms with Crippen LogP contribution in [-0.4, -0.2) is 42.3 Å². The van der Waals surface area contributed by atoms with Crippen LogP contribution in [-0.2, 0) is 4.74 Å². The molecule has 0 radical (unpaired) electrons. The molecule has 4 rings (SSSR count). The monoisotopic (exact) mass is 260 g/mol. The lowest BCUT2D eigenvalue weighted by atomic mass is 9.78. The second-order valence-corrected chi connectivity index (χ2v) is 5.21. The van der Waals surface area contributed by atoms with Gasteiger partial charge in [-0.15, -0.1) is 0 Å². The zero-order valence-electron chi connectivity index (χ0n) is 10.2. The Balaban J connectivity index is 1.49. The van der Waals surface area contributed by atoms with Gasteiger partial charge in [-0.05, 0) is 12.1 Å². The first-order chi connectivity index (χ1) is 9.26. The number of amides is 1. The van der Waals surface area contributed by atoms with Gasteiger partial charge in [0.15, 0.2) is 11.5 Å². The van der Waals surface area contributed by atoms with E-state index in [9.17, 15) is 4.79 Å². The fraction of sp³-hybridized carbons (Fsp3) is 0.385. The quantitative estimate of drug-likeness (QED) is 0.816. The van der Waals surface area contributed by atoms with Gasteiger partial charge in [-0.3, -0.25) is 4.79 Å². The highest BCUT2D eigenvalue weighted by atomic mass is 16.5. The fourth-order valence-electron chi connectivity index (χ4n) is 2.55. The summed E-state index contributed by atoms with van der Waals surface area (Å²) in [5.74, 6) is 0.939. The first-order valence-corrected chi connectivity index (χ1v) is 6.13. The maximum absolute atomic E-state index is 12.2. The SMILES string of the molecule is O=C(c1cc(-c2ccco2)on1)N1CC2(COC2)C1. The molecule has 1 spiro atoms. The summed E-state index contributed by atoms with van der Waals surface area (Å²) in [6.45, 7) is 3.00. The summed E-state index contributed by atoms with van der Waals surface area (Å²) in [6.07, 6.45) is 1.55. The van der Waals surface area contributed by atoms with Crippen LogP contribution in [0.4, 0.5) is 0 Å². The van der Waals surface area contributed by atoms with Crippen LogP contribution in [0.25, 0.3) is 11.5 Å². The summed E-state index contributed by atoms with van der Waals surface area (Å²) >= 11 is 0. The van der Waals surface area contributed by atoms with Crippen LogP contribution in [0.2, 0.25) is 0 Å². The van der Waals surface area contributed by atoms with Crippen LogP contribution in [0.5, 0.6) is 0 Å². The minimum absolute atomic E-state index is 0.0981. The number of carbonyl (C=O) groups excluding carboxylic acids is 1. The highest BCUT2D eigenvalue weighted by Crippen LogP contribution is 2.38. The standard InChI is InChI=1S/C13H12N2O4/c16-12(15-5-13(6-15)7-17-8-13)9-4-11(19-14-9)10-2-1-3-18-10/h1-4H,5-8H2. The molecule has 0 aromatic carbocycles. The second-order valence-electron chi connectivity index (χ2n) is 5.21. The third-order valence-electron chi connectivity index (χ3n) is 3.65. The fourth-order valence-corrected chi connectivity index (χ4v) is 2.55. The summed E-state index contributed by atoms with van der Waals surface area (Å²) in [5.41, 5.74) is 0.532. The predicted molar refractivity (Wildman–Crippen MR) is 63.4 cm³/mol. The van der Waals surface area contributed by atoms with Crippen LogP contribution in [0, 0.1) is 5.41 Å². The molecule has 0 atom stereocenters. The highest BCUT2D eigenvalue weighted by Gasteiger charge is 2.51. The highest BCUT2D eigenvalue weighted by molar-refractivity contribution is 5.93. The number of aromatic nitrogens is 1. The van der Waals surface area contributed by atoms with Crippen molar-refractivity contribution >= 4 is 5.91 Å². The molecule has 2 saturated heterocycles. The van der Waals surface area contributed by atoms with Crippen LogP contribution in [0.15, 0.2) is 33.4 Å². The number of nitrogens with zero attached hydrogens (tertiary/aromatic N) is 2. The molecule has 1 amide bonds. The molecule has 6 heteroatoms. The van der Waals surface area contributed by atoms with E-state index in [1.165, 1.54) is 0 Å². The predicted octanol–water partition coefficient (Wildman–Crippen LogP) is 1.41. The molecule has 2 aromatic heterocycles. The number of likely N-dealkylation sites (tertiary alicyclic amines) is 1. The number of ether oxygens (including phenoxy) is 1. The Bertz CT molecular complexity index is 604. The van der Waals surface area contributed by atoms with Crippen LogP contribution in [0.3, 0.4) is 0 Å². The molecule has 2 aliphatic rings. The van der Waals surface area contributed by atoms with E-state index in [-0.39, 0.29) is 11.3 Å². The van der Waals surface area contributed by atoms with Gasteiger partial charge in [-0.2, -0.15) is 0 Å². The smallest absolute Gasteiger partial charge is 0.276 e. The normalized spacial score (nSPS) is 20.1. The van der Waals surface area contributed by atoms with Gasteiger partial charge < -0.3 is 18.6 Å². The maximum atomic E-state index is 12.2. The van der Waals surface area contributed by atoms with E-state index in [1.54, 1.807) is 29.4 Å². The van der Waals surface area contributed by atoms with Gasteiger partial charge >= 0.3 is 0 Å². The number of carbonyl (C=O) groups is 1. The van der Waals surface area contributed by atoms with Gasteiger partial charge in [-0.1, -0.05) is 5.16 Å². The molecule has 98 valence electrons. The Morgan fingerprint density at radius 2 is 2.16 bits per heavy atom. The lowest BCUT2D eigenvalue weighted by molar-refractivity contribution is -0.176. The van der Waals surface area contributed by atoms with E-state index in [0.29, 0.717) is 17.2 Å². The summed E-state index contributed by atoms with van der Waals surface area (Å²) < 4.78 is 15.5. The van der Waals surface area contributed by atoms with Crippen molar-refractivity contribution in [3.05, 3.63) is 30.2 Å². The van der Waals surface area contributed by atoms with Crippen molar-refractivity contribution in [1.29, 1.82) is 0 Å². The minimum atomic E-state index is -0.0981. The van der Waals surface area contributed by atoms with E-state index >= 15 is 0 Å². The second kappa shape index (κ2) is 3.71. The van der Waals surface area contributed by atoms with Crippen LogP contribution in [0.1, 0.15) is 10.5 Å². The van der Waals surface area contributed by atoms with Crippen LogP contribution >= 0.6 is 0 Å². The molecule has 2 fully saturated rings. The van der Waals surface area contributed by atoms with Crippen molar-refractivity contribution in [3.8, 4) is 11.5 Å². The minimum Gasteiger partial charge on any atom is -0.461 e. The first-order valence-electron chi connectivity index (χ1n) is 6.13. The average molecular weight is 260 g/mol. The Morgan fingerprint density at radius 3 is 2.79 bits per heavy atom. The summed E-state index contributed by atoms with van der Waals surface area (Å²) in [5, 5.41) is 3.81. The van der Waals surface area contributed by atoms with Gasteiger partial charge in [-0.25, -0.2) is 0 Å². The summed E-state index contributed by atoms with van der Waals surface area (Å²) in [7, 11) is 0. The molecule has 2 aromatic rings. The van der Waals surface area contributed by atoms with Gasteiger partial charge in [0.05, 0.1) is 24.9 Å². The number of hydrogen-bond donors (Lipinski definition) is 0. The van der Waals surface area contributed by atoms with Crippen molar-refractivity contribution in [2.75, 3.05) is 26.3 Å². The summed E-state index contributed by atoms with van der Waals surface area (Å²) in [4.78, 5) is 13.9. The Morgan fingerprint density at radius 1 is 1.32 bits per heavy atom. The first kappa shape index (κ1) is 10.8. The lowest BCUT2D eigenvalue weighted by Crippen LogP contribution is -2.67. The van der Waals surface area contributed by atoms with E-state index in [1.807, 2.05) is 0 Å². The maximum Gasteiger partial charge on any atom is 0.276 e. The molecular formula is C13H12N2O4. The molecule has 0 saturated carbocycles. The third-order valence-corrected chi connectivity index (χ3v) is 3.65. The van der Waals surface area contributed by atoms with Crippen molar-refractivity contribution in [3.63, 3.8) is 0 Å². The topological polar surface area (TPSA) is 68.7 Å². The van der Waals surface area contributed by atoms with E-state index in [2.05, 4.69) is 5.16 Å². The lowest BCUT2D eigenvalue weighted by Gasteiger charge is -2.54. The molecule has 0 aliphatic carbocycles. The van der Waals surface area contributed by atoms with Gasteiger partial charge in [0.2, 0.25) is 5.76 Å². The zero-order valence-corrected chi connectivity index (χ0v) is 10.2. The third kappa shape index (κ3) is 1.60. The number of hydrogen-bond acceptors (Lipinski definition) is 5. The Kier molecular flexibility index (Phi) is 2.11. The molecule has 6 nitrogen and oxygen atoms in total. The molecule has 19 heavy (non-hydrogen) atoms. The Labute approximate surface area is 108 Å². The molecule has 0 N–H and O–H groups in total. The summed E-state index contributed by atoms with van der Waals surface area (Å²) in [6, 6.07) is 5.14.